The molecule has 8 heteroatoms. The van der Waals surface area contributed by atoms with Crippen molar-refractivity contribution in [2.45, 2.75) is 0 Å². The number of ether oxygens (including phenoxy) is 1. The van der Waals surface area contributed by atoms with E-state index in [1.807, 2.05) is 11.9 Å². The Kier molecular flexibility index (Phi) is 7.37. The average molecular weight is 448 g/mol. The molecule has 0 atom stereocenters. The fourth-order valence-electron chi connectivity index (χ4n) is 3.09. The van der Waals surface area contributed by atoms with Gasteiger partial charge in [0.1, 0.15) is 5.75 Å². The minimum Gasteiger partial charge on any atom is -0.495 e. The van der Waals surface area contributed by atoms with E-state index in [0.29, 0.717) is 40.1 Å². The Balaban J connectivity index is 1.73. The number of carbonyl (C=O) groups excluding carboxylic acids is 2. The highest BCUT2D eigenvalue weighted by Crippen LogP contribution is 2.27. The van der Waals surface area contributed by atoms with E-state index in [0.717, 1.165) is 18.7 Å². The van der Waals surface area contributed by atoms with Crippen molar-refractivity contribution in [1.29, 1.82) is 0 Å². The highest BCUT2D eigenvalue weighted by atomic mass is 35.5. The molecule has 2 aromatic rings. The lowest BCUT2D eigenvalue weighted by Gasteiger charge is -2.32. The highest BCUT2D eigenvalue weighted by Gasteiger charge is 2.21. The second-order valence-electron chi connectivity index (χ2n) is 7.01. The molecule has 0 unspecified atom stereocenters. The van der Waals surface area contributed by atoms with Crippen LogP contribution in [0.3, 0.4) is 0 Å². The Labute approximate surface area is 186 Å². The molecule has 2 amide bonds. The number of carbonyl (C=O) groups is 2. The van der Waals surface area contributed by atoms with Crippen LogP contribution < -0.4 is 10.1 Å². The predicted octanol–water partition coefficient (Wildman–Crippen LogP) is 4.04. The van der Waals surface area contributed by atoms with Crippen molar-refractivity contribution >= 4 is 46.8 Å². The van der Waals surface area contributed by atoms with Gasteiger partial charge < -0.3 is 19.9 Å². The molecule has 30 heavy (non-hydrogen) atoms. The number of rotatable bonds is 5. The first-order chi connectivity index (χ1) is 14.4. The van der Waals surface area contributed by atoms with E-state index in [9.17, 15) is 9.59 Å². The van der Waals surface area contributed by atoms with Crippen molar-refractivity contribution in [2.75, 3.05) is 45.7 Å². The SMILES string of the molecule is COc1ccc(C(=O)N2CCN(C)CC2)cc1NC(=O)/C=C/c1ccc(Cl)c(Cl)c1. The minimum absolute atomic E-state index is 0.0624. The Bertz CT molecular complexity index is 970. The van der Waals surface area contributed by atoms with Gasteiger partial charge in [-0.2, -0.15) is 0 Å². The number of likely N-dealkylation sites (N-methyl/N-ethyl adjacent to an activating group) is 1. The van der Waals surface area contributed by atoms with Gasteiger partial charge in [0.2, 0.25) is 5.91 Å². The van der Waals surface area contributed by atoms with Gasteiger partial charge in [0.15, 0.2) is 0 Å². The molecule has 0 saturated carbocycles. The number of piperazine rings is 1. The van der Waals surface area contributed by atoms with E-state index in [1.165, 1.54) is 13.2 Å². The number of hydrogen-bond donors (Lipinski definition) is 1. The van der Waals surface area contributed by atoms with Crippen LogP contribution in [-0.4, -0.2) is 62.0 Å². The quantitative estimate of drug-likeness (QED) is 0.702. The lowest BCUT2D eigenvalue weighted by molar-refractivity contribution is -0.111. The fourth-order valence-corrected chi connectivity index (χ4v) is 3.40. The second-order valence-corrected chi connectivity index (χ2v) is 7.82. The minimum atomic E-state index is -0.358. The molecule has 0 bridgehead atoms. The third-order valence-electron chi connectivity index (χ3n) is 4.87. The van der Waals surface area contributed by atoms with Crippen molar-refractivity contribution in [3.8, 4) is 5.75 Å². The summed E-state index contributed by atoms with van der Waals surface area (Å²) in [5.74, 6) is 0.0531. The van der Waals surface area contributed by atoms with E-state index in [-0.39, 0.29) is 11.8 Å². The lowest BCUT2D eigenvalue weighted by Crippen LogP contribution is -2.47. The molecule has 1 heterocycles. The van der Waals surface area contributed by atoms with E-state index in [1.54, 1.807) is 42.5 Å². The van der Waals surface area contributed by atoms with Crippen molar-refractivity contribution < 1.29 is 14.3 Å². The molecule has 0 radical (unpaired) electrons. The third-order valence-corrected chi connectivity index (χ3v) is 5.60. The maximum Gasteiger partial charge on any atom is 0.254 e. The Morgan fingerprint density at radius 2 is 1.77 bits per heavy atom. The van der Waals surface area contributed by atoms with E-state index in [2.05, 4.69) is 10.2 Å². The standard InChI is InChI=1S/C22H23Cl2N3O3/c1-26-9-11-27(12-10-26)22(29)16-5-7-20(30-2)19(14-16)25-21(28)8-4-15-3-6-17(23)18(24)13-15/h3-8,13-14H,9-12H2,1-2H3,(H,25,28)/b8-4+. The molecule has 1 aliphatic heterocycles. The largest absolute Gasteiger partial charge is 0.495 e. The van der Waals surface area contributed by atoms with Crippen LogP contribution in [0.1, 0.15) is 15.9 Å². The summed E-state index contributed by atoms with van der Waals surface area (Å²) in [6.07, 6.45) is 3.01. The Hall–Kier alpha value is -2.54. The number of hydrogen-bond acceptors (Lipinski definition) is 4. The maximum absolute atomic E-state index is 12.8. The average Bonchev–Trinajstić information content (AvgIpc) is 2.74. The molecular formula is C22H23Cl2N3O3. The van der Waals surface area contributed by atoms with E-state index < -0.39 is 0 Å². The molecule has 1 saturated heterocycles. The van der Waals surface area contributed by atoms with Gasteiger partial charge in [0.25, 0.3) is 5.91 Å². The molecule has 1 aliphatic rings. The summed E-state index contributed by atoms with van der Waals surface area (Å²) in [6.45, 7) is 3.03. The zero-order valence-corrected chi connectivity index (χ0v) is 18.3. The molecule has 6 nitrogen and oxygen atoms in total. The summed E-state index contributed by atoms with van der Waals surface area (Å²) >= 11 is 11.9. The molecule has 158 valence electrons. The van der Waals surface area contributed by atoms with Crippen LogP contribution in [0.5, 0.6) is 5.75 Å². The molecule has 0 aliphatic carbocycles. The van der Waals surface area contributed by atoms with Crippen LogP contribution in [0.2, 0.25) is 10.0 Å². The number of benzene rings is 2. The summed E-state index contributed by atoms with van der Waals surface area (Å²) in [6, 6.07) is 10.1. The molecule has 1 fully saturated rings. The van der Waals surface area contributed by atoms with Crippen molar-refractivity contribution in [1.82, 2.24) is 9.80 Å². The highest BCUT2D eigenvalue weighted by molar-refractivity contribution is 6.42. The van der Waals surface area contributed by atoms with Crippen LogP contribution in [0, 0.1) is 0 Å². The summed E-state index contributed by atoms with van der Waals surface area (Å²) < 4.78 is 5.33. The van der Waals surface area contributed by atoms with Gasteiger partial charge in [-0.05, 0) is 49.0 Å². The number of nitrogens with one attached hydrogen (secondary N) is 1. The van der Waals surface area contributed by atoms with Crippen LogP contribution in [0.4, 0.5) is 5.69 Å². The molecule has 1 N–H and O–H groups in total. The summed E-state index contributed by atoms with van der Waals surface area (Å²) in [5.41, 5.74) is 1.68. The van der Waals surface area contributed by atoms with Crippen molar-refractivity contribution in [3.63, 3.8) is 0 Å². The Morgan fingerprint density at radius 3 is 2.43 bits per heavy atom. The van der Waals surface area contributed by atoms with Gasteiger partial charge in [0, 0.05) is 37.8 Å². The third kappa shape index (κ3) is 5.53. The van der Waals surface area contributed by atoms with Gasteiger partial charge in [-0.3, -0.25) is 9.59 Å². The van der Waals surface area contributed by atoms with Crippen molar-refractivity contribution in [3.05, 3.63) is 63.6 Å². The van der Waals surface area contributed by atoms with E-state index >= 15 is 0 Å². The molecule has 0 spiro atoms. The first kappa shape index (κ1) is 22.2. The molecule has 3 rings (SSSR count). The predicted molar refractivity (Wildman–Crippen MR) is 121 cm³/mol. The van der Waals surface area contributed by atoms with Gasteiger partial charge in [-0.15, -0.1) is 0 Å². The second kappa shape index (κ2) is 9.98. The summed E-state index contributed by atoms with van der Waals surface area (Å²) in [4.78, 5) is 29.2. The summed E-state index contributed by atoms with van der Waals surface area (Å²) in [5, 5.41) is 3.64. The topological polar surface area (TPSA) is 61.9 Å². The fraction of sp³-hybridized carbons (Fsp3) is 0.273. The monoisotopic (exact) mass is 447 g/mol. The zero-order chi connectivity index (χ0) is 21.7. The van der Waals surface area contributed by atoms with Gasteiger partial charge in [-0.25, -0.2) is 0 Å². The van der Waals surface area contributed by atoms with Gasteiger partial charge in [-0.1, -0.05) is 29.3 Å². The number of halogens is 2. The van der Waals surface area contributed by atoms with Gasteiger partial charge in [0.05, 0.1) is 22.8 Å². The number of nitrogens with zero attached hydrogens (tertiary/aromatic N) is 2. The zero-order valence-electron chi connectivity index (χ0n) is 16.8. The summed E-state index contributed by atoms with van der Waals surface area (Å²) in [7, 11) is 3.55. The molecule has 0 aromatic heterocycles. The first-order valence-electron chi connectivity index (χ1n) is 9.47. The normalized spacial score (nSPS) is 14.7. The van der Waals surface area contributed by atoms with Crippen LogP contribution in [-0.2, 0) is 4.79 Å². The smallest absolute Gasteiger partial charge is 0.254 e. The first-order valence-corrected chi connectivity index (χ1v) is 10.2. The number of methoxy groups -OCH3 is 1. The van der Waals surface area contributed by atoms with Crippen LogP contribution >= 0.6 is 23.2 Å². The maximum atomic E-state index is 12.8. The number of amides is 2. The van der Waals surface area contributed by atoms with E-state index in [4.69, 9.17) is 27.9 Å². The lowest BCUT2D eigenvalue weighted by atomic mass is 10.1. The van der Waals surface area contributed by atoms with Crippen LogP contribution in [0.15, 0.2) is 42.5 Å². The van der Waals surface area contributed by atoms with Crippen molar-refractivity contribution in [2.24, 2.45) is 0 Å². The molecular weight excluding hydrogens is 425 g/mol. The Morgan fingerprint density at radius 1 is 1.03 bits per heavy atom. The number of anilines is 1. The van der Waals surface area contributed by atoms with Crippen LogP contribution in [0.25, 0.3) is 6.08 Å². The van der Waals surface area contributed by atoms with Gasteiger partial charge >= 0.3 is 0 Å². The molecule has 2 aromatic carbocycles.